The van der Waals surface area contributed by atoms with Crippen LogP contribution in [0.15, 0.2) is 29.2 Å². The van der Waals surface area contributed by atoms with Crippen molar-refractivity contribution in [1.82, 2.24) is 4.90 Å². The molecule has 6 heteroatoms. The molecule has 0 aliphatic carbocycles. The van der Waals surface area contributed by atoms with Gasteiger partial charge in [0.25, 0.3) is 5.91 Å². The summed E-state index contributed by atoms with van der Waals surface area (Å²) in [5.74, 6) is -0.0334. The first-order chi connectivity index (χ1) is 8.23. The summed E-state index contributed by atoms with van der Waals surface area (Å²) in [4.78, 5) is 13.5. The van der Waals surface area contributed by atoms with Gasteiger partial charge in [-0.25, -0.2) is 13.6 Å². The Kier molecular flexibility index (Phi) is 4.48. The van der Waals surface area contributed by atoms with Crippen LogP contribution in [-0.2, 0) is 10.0 Å². The van der Waals surface area contributed by atoms with Crippen LogP contribution in [0, 0.1) is 5.92 Å². The van der Waals surface area contributed by atoms with Crippen LogP contribution in [-0.4, -0.2) is 32.8 Å². The fourth-order valence-electron chi connectivity index (χ4n) is 1.73. The number of hydrogen-bond acceptors (Lipinski definition) is 3. The molecule has 0 heterocycles. The molecule has 1 aromatic carbocycles. The van der Waals surface area contributed by atoms with E-state index in [-0.39, 0.29) is 16.4 Å². The number of carbonyl (C=O) groups is 1. The van der Waals surface area contributed by atoms with Gasteiger partial charge in [-0.3, -0.25) is 4.79 Å². The van der Waals surface area contributed by atoms with E-state index >= 15 is 0 Å². The Morgan fingerprint density at radius 2 is 1.89 bits per heavy atom. The molecule has 18 heavy (non-hydrogen) atoms. The zero-order chi connectivity index (χ0) is 13.9. The maximum atomic E-state index is 12.2. The van der Waals surface area contributed by atoms with Crippen LogP contribution >= 0.6 is 0 Å². The number of hydrogen-bond donors (Lipinski definition) is 1. The van der Waals surface area contributed by atoms with Crippen LogP contribution < -0.4 is 5.14 Å². The van der Waals surface area contributed by atoms with Gasteiger partial charge >= 0.3 is 0 Å². The molecule has 0 bridgehead atoms. The molecule has 0 aliphatic rings. The molecule has 0 atom stereocenters. The lowest BCUT2D eigenvalue weighted by molar-refractivity contribution is 0.0775. The van der Waals surface area contributed by atoms with Crippen molar-refractivity contribution < 1.29 is 13.2 Å². The summed E-state index contributed by atoms with van der Waals surface area (Å²) in [6.07, 6.45) is 0. The highest BCUT2D eigenvalue weighted by Crippen LogP contribution is 2.16. The van der Waals surface area contributed by atoms with Gasteiger partial charge in [-0.15, -0.1) is 0 Å². The SMILES string of the molecule is CC(C)CN(C)C(=O)c1ccccc1S(N)(=O)=O. The largest absolute Gasteiger partial charge is 0.341 e. The van der Waals surface area contributed by atoms with Crippen molar-refractivity contribution in [3.05, 3.63) is 29.8 Å². The first-order valence-corrected chi connectivity index (χ1v) is 7.15. The van der Waals surface area contributed by atoms with Gasteiger partial charge in [0, 0.05) is 13.6 Å². The molecule has 0 fully saturated rings. The topological polar surface area (TPSA) is 80.5 Å². The quantitative estimate of drug-likeness (QED) is 0.888. The third-order valence-electron chi connectivity index (χ3n) is 2.41. The fraction of sp³-hybridized carbons (Fsp3) is 0.417. The van der Waals surface area contributed by atoms with Gasteiger partial charge in [-0.05, 0) is 18.1 Å². The maximum Gasteiger partial charge on any atom is 0.254 e. The summed E-state index contributed by atoms with van der Waals surface area (Å²) in [5, 5.41) is 5.10. The molecule has 0 spiro atoms. The molecule has 2 N–H and O–H groups in total. The van der Waals surface area contributed by atoms with E-state index in [0.29, 0.717) is 12.5 Å². The molecule has 0 unspecified atom stereocenters. The molecule has 1 aromatic rings. The number of carbonyl (C=O) groups excluding carboxylic acids is 1. The number of nitrogens with two attached hydrogens (primary N) is 1. The van der Waals surface area contributed by atoms with E-state index in [9.17, 15) is 13.2 Å². The van der Waals surface area contributed by atoms with Gasteiger partial charge in [-0.2, -0.15) is 0 Å². The minimum Gasteiger partial charge on any atom is -0.341 e. The molecular weight excluding hydrogens is 252 g/mol. The van der Waals surface area contributed by atoms with Gasteiger partial charge in [0.05, 0.1) is 10.5 Å². The maximum absolute atomic E-state index is 12.2. The summed E-state index contributed by atoms with van der Waals surface area (Å²) >= 11 is 0. The first kappa shape index (κ1) is 14.7. The fourth-order valence-corrected chi connectivity index (χ4v) is 2.46. The average molecular weight is 270 g/mol. The van der Waals surface area contributed by atoms with Gasteiger partial charge in [0.1, 0.15) is 0 Å². The third kappa shape index (κ3) is 3.54. The van der Waals surface area contributed by atoms with Gasteiger partial charge in [0.15, 0.2) is 0 Å². The Hall–Kier alpha value is -1.40. The number of sulfonamides is 1. The number of amides is 1. The first-order valence-electron chi connectivity index (χ1n) is 5.60. The minimum absolute atomic E-state index is 0.114. The molecule has 5 nitrogen and oxygen atoms in total. The Labute approximate surface area is 108 Å². The summed E-state index contributed by atoms with van der Waals surface area (Å²) in [5.41, 5.74) is 0.114. The minimum atomic E-state index is -3.89. The molecule has 100 valence electrons. The Bertz CT molecular complexity index is 538. The predicted molar refractivity (Wildman–Crippen MR) is 69.6 cm³/mol. The molecule has 1 rings (SSSR count). The zero-order valence-electron chi connectivity index (χ0n) is 10.8. The van der Waals surface area contributed by atoms with Crippen molar-refractivity contribution in [2.24, 2.45) is 11.1 Å². The summed E-state index contributed by atoms with van der Waals surface area (Å²) < 4.78 is 22.8. The van der Waals surface area contributed by atoms with E-state index in [1.807, 2.05) is 13.8 Å². The second-order valence-electron chi connectivity index (χ2n) is 4.62. The predicted octanol–water partition coefficient (Wildman–Crippen LogP) is 1.06. The average Bonchev–Trinajstić information content (AvgIpc) is 2.26. The third-order valence-corrected chi connectivity index (χ3v) is 3.38. The second-order valence-corrected chi connectivity index (χ2v) is 6.15. The number of rotatable bonds is 4. The smallest absolute Gasteiger partial charge is 0.254 e. The van der Waals surface area contributed by atoms with E-state index in [2.05, 4.69) is 0 Å². The molecule has 0 aliphatic heterocycles. The zero-order valence-corrected chi connectivity index (χ0v) is 11.6. The Balaban J connectivity index is 3.14. The summed E-state index contributed by atoms with van der Waals surface area (Å²) in [6.45, 7) is 4.52. The van der Waals surface area contributed by atoms with Gasteiger partial charge < -0.3 is 4.90 Å². The van der Waals surface area contributed by atoms with Gasteiger partial charge in [0.2, 0.25) is 10.0 Å². The molecular formula is C12H18N2O3S. The van der Waals surface area contributed by atoms with Crippen molar-refractivity contribution in [3.8, 4) is 0 Å². The molecule has 0 saturated carbocycles. The van der Waals surface area contributed by atoms with E-state index in [0.717, 1.165) is 0 Å². The Morgan fingerprint density at radius 3 is 2.39 bits per heavy atom. The highest BCUT2D eigenvalue weighted by molar-refractivity contribution is 7.89. The highest BCUT2D eigenvalue weighted by Gasteiger charge is 2.21. The lowest BCUT2D eigenvalue weighted by Crippen LogP contribution is -2.31. The number of primary sulfonamides is 1. The number of benzene rings is 1. The molecule has 1 amide bonds. The normalized spacial score (nSPS) is 11.6. The molecule has 0 radical (unpaired) electrons. The standard InChI is InChI=1S/C12H18N2O3S/c1-9(2)8-14(3)12(15)10-6-4-5-7-11(10)18(13,16)17/h4-7,9H,8H2,1-3H3,(H2,13,16,17). The molecule has 0 saturated heterocycles. The van der Waals surface area contributed by atoms with Crippen molar-refractivity contribution in [1.29, 1.82) is 0 Å². The van der Waals surface area contributed by atoms with Crippen LogP contribution in [0.4, 0.5) is 0 Å². The lowest BCUT2D eigenvalue weighted by atomic mass is 10.1. The van der Waals surface area contributed by atoms with Crippen LogP contribution in [0.3, 0.4) is 0 Å². The van der Waals surface area contributed by atoms with E-state index in [4.69, 9.17) is 5.14 Å². The van der Waals surface area contributed by atoms with E-state index in [1.54, 1.807) is 19.2 Å². The number of nitrogens with zero attached hydrogens (tertiary/aromatic N) is 1. The highest BCUT2D eigenvalue weighted by atomic mass is 32.2. The van der Waals surface area contributed by atoms with Crippen LogP contribution in [0.2, 0.25) is 0 Å². The van der Waals surface area contributed by atoms with Crippen LogP contribution in [0.25, 0.3) is 0 Å². The Morgan fingerprint density at radius 1 is 1.33 bits per heavy atom. The van der Waals surface area contributed by atoms with E-state index in [1.165, 1.54) is 17.0 Å². The van der Waals surface area contributed by atoms with Gasteiger partial charge in [-0.1, -0.05) is 26.0 Å². The van der Waals surface area contributed by atoms with E-state index < -0.39 is 10.0 Å². The summed E-state index contributed by atoms with van der Waals surface area (Å²) in [7, 11) is -2.25. The van der Waals surface area contributed by atoms with Crippen molar-refractivity contribution in [2.45, 2.75) is 18.7 Å². The van der Waals surface area contributed by atoms with Crippen molar-refractivity contribution >= 4 is 15.9 Å². The van der Waals surface area contributed by atoms with Crippen LogP contribution in [0.5, 0.6) is 0 Å². The van der Waals surface area contributed by atoms with Crippen LogP contribution in [0.1, 0.15) is 24.2 Å². The van der Waals surface area contributed by atoms with Crippen molar-refractivity contribution in [3.63, 3.8) is 0 Å². The lowest BCUT2D eigenvalue weighted by Gasteiger charge is -2.20. The van der Waals surface area contributed by atoms with Crippen molar-refractivity contribution in [2.75, 3.05) is 13.6 Å². The second kappa shape index (κ2) is 5.49. The summed E-state index contributed by atoms with van der Waals surface area (Å²) in [6, 6.07) is 5.97. The monoisotopic (exact) mass is 270 g/mol. The molecule has 0 aromatic heterocycles.